The van der Waals surface area contributed by atoms with Crippen molar-refractivity contribution in [2.45, 2.75) is 76.5 Å². The van der Waals surface area contributed by atoms with Crippen LogP contribution in [-0.2, 0) is 17.6 Å². The van der Waals surface area contributed by atoms with Crippen molar-refractivity contribution in [1.82, 2.24) is 19.6 Å². The molecule has 4 aliphatic heterocycles. The molecule has 5 heteroatoms. The molecular formula is C54H62N4O. The first-order chi connectivity index (χ1) is 29.0. The molecule has 0 unspecified atom stereocenters. The first kappa shape index (κ1) is 39.6. The van der Waals surface area contributed by atoms with E-state index in [0.29, 0.717) is 23.9 Å². The predicted molar refractivity (Wildman–Crippen MR) is 244 cm³/mol. The van der Waals surface area contributed by atoms with Crippen molar-refractivity contribution < 1.29 is 4.79 Å². The second-order valence-electron chi connectivity index (χ2n) is 17.7. The van der Waals surface area contributed by atoms with E-state index >= 15 is 0 Å². The molecule has 0 bridgehead atoms. The molecule has 1 amide bonds. The topological polar surface area (TPSA) is 30.0 Å². The van der Waals surface area contributed by atoms with Crippen LogP contribution in [0.5, 0.6) is 0 Å². The second kappa shape index (κ2) is 18.2. The number of hydrogen-bond donors (Lipinski definition) is 0. The second-order valence-corrected chi connectivity index (χ2v) is 17.7. The number of nitrogens with zero attached hydrogens (tertiary/aromatic N) is 4. The summed E-state index contributed by atoms with van der Waals surface area (Å²) in [6.45, 7) is 12.4. The van der Waals surface area contributed by atoms with E-state index in [9.17, 15) is 4.79 Å². The van der Waals surface area contributed by atoms with Crippen LogP contribution in [0.1, 0.15) is 73.9 Å². The quantitative estimate of drug-likeness (QED) is 0.138. The fourth-order valence-electron chi connectivity index (χ4n) is 11.2. The normalized spacial score (nSPS) is 23.4. The molecule has 10 rings (SSSR count). The molecule has 4 heterocycles. The number of hydrogen-bond acceptors (Lipinski definition) is 4. The van der Waals surface area contributed by atoms with Crippen molar-refractivity contribution >= 4 is 27.5 Å². The fraction of sp³-hybridized carbons (Fsp3) is 0.389. The number of piperidine rings is 2. The summed E-state index contributed by atoms with van der Waals surface area (Å²) >= 11 is 0. The molecule has 6 aromatic carbocycles. The van der Waals surface area contributed by atoms with Gasteiger partial charge in [-0.15, -0.1) is 0 Å². The van der Waals surface area contributed by atoms with Gasteiger partial charge in [-0.25, -0.2) is 0 Å². The molecule has 0 radical (unpaired) electrons. The fourth-order valence-corrected chi connectivity index (χ4v) is 11.2. The third-order valence-corrected chi connectivity index (χ3v) is 14.5. The van der Waals surface area contributed by atoms with Crippen LogP contribution in [0, 0.1) is 11.8 Å². The molecule has 5 nitrogen and oxygen atoms in total. The number of carbonyl (C=O) groups is 1. The molecule has 0 aliphatic carbocycles. The summed E-state index contributed by atoms with van der Waals surface area (Å²) in [6, 6.07) is 53.7. The molecule has 6 aromatic rings. The van der Waals surface area contributed by atoms with E-state index < -0.39 is 0 Å². The van der Waals surface area contributed by atoms with Crippen LogP contribution in [0.4, 0.5) is 0 Å². The van der Waals surface area contributed by atoms with Crippen LogP contribution >= 0.6 is 0 Å². The van der Waals surface area contributed by atoms with Crippen LogP contribution in [0.2, 0.25) is 0 Å². The monoisotopic (exact) mass is 782 g/mol. The SMILES string of the molecule is C[C@H](c1cccc2ccccc12)N1CC[C@H]2CCN(CCc3ccccc3)C(=O)[C@H]21.C[C@H](c1cccc2ccccc12)N1CC[C@H]2CCN(CCc3ccccc3)C[C@H]21. The van der Waals surface area contributed by atoms with Crippen molar-refractivity contribution in [3.8, 4) is 0 Å². The Hall–Kier alpha value is -4.81. The molecule has 0 aromatic heterocycles. The average Bonchev–Trinajstić information content (AvgIpc) is 3.93. The number of rotatable bonds is 10. The van der Waals surface area contributed by atoms with Gasteiger partial charge in [-0.05, 0) is 128 Å². The molecule has 6 atom stereocenters. The first-order valence-corrected chi connectivity index (χ1v) is 22.6. The summed E-state index contributed by atoms with van der Waals surface area (Å²) in [5.41, 5.74) is 5.59. The third-order valence-electron chi connectivity index (χ3n) is 14.5. The van der Waals surface area contributed by atoms with Gasteiger partial charge in [0.1, 0.15) is 0 Å². The van der Waals surface area contributed by atoms with Gasteiger partial charge in [0, 0.05) is 44.3 Å². The summed E-state index contributed by atoms with van der Waals surface area (Å²) in [5, 5.41) is 5.36. The van der Waals surface area contributed by atoms with Crippen molar-refractivity contribution in [2.75, 3.05) is 45.8 Å². The van der Waals surface area contributed by atoms with E-state index in [0.717, 1.165) is 51.2 Å². The molecule has 4 aliphatic rings. The van der Waals surface area contributed by atoms with E-state index in [-0.39, 0.29) is 12.1 Å². The van der Waals surface area contributed by atoms with Gasteiger partial charge in [0.05, 0.1) is 6.04 Å². The van der Waals surface area contributed by atoms with Gasteiger partial charge in [0.15, 0.2) is 0 Å². The molecular weight excluding hydrogens is 721 g/mol. The van der Waals surface area contributed by atoms with Gasteiger partial charge in [-0.2, -0.15) is 0 Å². The molecule has 0 saturated carbocycles. The van der Waals surface area contributed by atoms with E-state index in [2.05, 4.69) is 173 Å². The summed E-state index contributed by atoms with van der Waals surface area (Å²) in [5.74, 6) is 1.72. The molecule has 59 heavy (non-hydrogen) atoms. The number of likely N-dealkylation sites (tertiary alicyclic amines) is 4. The van der Waals surface area contributed by atoms with Crippen LogP contribution in [0.15, 0.2) is 146 Å². The average molecular weight is 783 g/mol. The third kappa shape index (κ3) is 8.62. The zero-order chi connectivity index (χ0) is 40.1. The Morgan fingerprint density at radius 3 is 1.64 bits per heavy atom. The van der Waals surface area contributed by atoms with Crippen LogP contribution in [0.3, 0.4) is 0 Å². The van der Waals surface area contributed by atoms with E-state index in [1.54, 1.807) is 0 Å². The minimum Gasteiger partial charge on any atom is -0.341 e. The smallest absolute Gasteiger partial charge is 0.240 e. The Labute approximate surface area is 352 Å². The van der Waals surface area contributed by atoms with Crippen molar-refractivity contribution in [3.05, 3.63) is 168 Å². The minimum atomic E-state index is 0.0310. The highest BCUT2D eigenvalue weighted by Crippen LogP contribution is 2.41. The lowest BCUT2D eigenvalue weighted by molar-refractivity contribution is -0.141. The lowest BCUT2D eigenvalue weighted by Gasteiger charge is -2.41. The number of amides is 1. The molecule has 4 fully saturated rings. The summed E-state index contributed by atoms with van der Waals surface area (Å²) in [4.78, 5) is 23.6. The Morgan fingerprint density at radius 1 is 0.508 bits per heavy atom. The maximum Gasteiger partial charge on any atom is 0.240 e. The molecule has 0 N–H and O–H groups in total. The Morgan fingerprint density at radius 2 is 1.00 bits per heavy atom. The highest BCUT2D eigenvalue weighted by molar-refractivity contribution is 5.87. The molecule has 0 spiro atoms. The lowest BCUT2D eigenvalue weighted by atomic mass is 9.90. The lowest BCUT2D eigenvalue weighted by Crippen LogP contribution is -2.53. The van der Waals surface area contributed by atoms with E-state index in [4.69, 9.17) is 0 Å². The van der Waals surface area contributed by atoms with Crippen LogP contribution < -0.4 is 0 Å². The van der Waals surface area contributed by atoms with Gasteiger partial charge >= 0.3 is 0 Å². The standard InChI is InChI=1S/C27H30N2O.C27H32N2/c1-20(24-13-7-11-22-10-5-6-12-25(22)24)29-19-16-23-15-18-28(27(30)26(23)29)17-14-21-8-3-2-4-9-21;1-21(25-13-7-11-23-10-5-6-12-26(23)25)29-19-16-24-15-18-28(20-27(24)29)17-14-22-8-3-2-4-9-22/h2-13,20,23,26H,14-19H2,1H3;2-13,21,24,27H,14-20H2,1H3/t20-,23-,26+;21-,24-,27-/m11/s1. The highest BCUT2D eigenvalue weighted by Gasteiger charge is 2.46. The van der Waals surface area contributed by atoms with Crippen molar-refractivity contribution in [3.63, 3.8) is 0 Å². The number of fused-ring (bicyclic) bond motifs is 4. The van der Waals surface area contributed by atoms with Gasteiger partial charge in [-0.1, -0.05) is 146 Å². The Bertz CT molecular complexity index is 2300. The van der Waals surface area contributed by atoms with Crippen LogP contribution in [-0.4, -0.2) is 83.4 Å². The van der Waals surface area contributed by atoms with Gasteiger partial charge in [0.2, 0.25) is 5.91 Å². The Balaban J connectivity index is 0.000000152. The maximum atomic E-state index is 13.5. The summed E-state index contributed by atoms with van der Waals surface area (Å²) in [6.07, 6.45) is 7.09. The Kier molecular flexibility index (Phi) is 12.2. The largest absolute Gasteiger partial charge is 0.341 e. The first-order valence-electron chi connectivity index (χ1n) is 22.6. The van der Waals surface area contributed by atoms with Gasteiger partial charge < -0.3 is 9.80 Å². The van der Waals surface area contributed by atoms with Gasteiger partial charge in [-0.3, -0.25) is 14.6 Å². The molecule has 304 valence electrons. The molecule has 4 saturated heterocycles. The minimum absolute atomic E-state index is 0.0310. The van der Waals surface area contributed by atoms with Crippen molar-refractivity contribution in [2.24, 2.45) is 11.8 Å². The number of carbonyl (C=O) groups excluding carboxylic acids is 1. The maximum absolute atomic E-state index is 13.5. The van der Waals surface area contributed by atoms with Gasteiger partial charge in [0.25, 0.3) is 0 Å². The zero-order valence-electron chi connectivity index (χ0n) is 35.2. The van der Waals surface area contributed by atoms with E-state index in [1.807, 2.05) is 6.07 Å². The number of benzene rings is 6. The zero-order valence-corrected chi connectivity index (χ0v) is 35.2. The van der Waals surface area contributed by atoms with Crippen LogP contribution in [0.25, 0.3) is 21.5 Å². The predicted octanol–water partition coefficient (Wildman–Crippen LogP) is 10.6. The highest BCUT2D eigenvalue weighted by atomic mass is 16.2. The summed E-state index contributed by atoms with van der Waals surface area (Å²) in [7, 11) is 0. The van der Waals surface area contributed by atoms with E-state index in [1.165, 1.54) is 82.8 Å². The van der Waals surface area contributed by atoms with Crippen molar-refractivity contribution in [1.29, 1.82) is 0 Å². The summed E-state index contributed by atoms with van der Waals surface area (Å²) < 4.78 is 0.